The molecular formula is C17H22N2O3. The summed E-state index contributed by atoms with van der Waals surface area (Å²) in [4.78, 5) is 27.8. The Morgan fingerprint density at radius 3 is 2.64 bits per heavy atom. The Morgan fingerprint density at radius 2 is 2.00 bits per heavy atom. The summed E-state index contributed by atoms with van der Waals surface area (Å²) in [7, 11) is 0. The minimum absolute atomic E-state index is 0.0694. The highest BCUT2D eigenvalue weighted by Crippen LogP contribution is 2.23. The second-order valence-corrected chi connectivity index (χ2v) is 5.91. The predicted octanol–water partition coefficient (Wildman–Crippen LogP) is 3.48. The van der Waals surface area contributed by atoms with Crippen molar-refractivity contribution in [2.45, 2.75) is 46.1 Å². The standard InChI is InChI=1S/C17H22N2O3/c1-4-7-11(2)10-12(3)19-14-9-6-5-8-13(14)18-15(16(19)20)17(21)22/h5-6,8-9,11-12H,4,7,10H2,1-3H3,(H,21,22)/t11-,12+/m1/s1. The van der Waals surface area contributed by atoms with E-state index in [9.17, 15) is 14.7 Å². The molecule has 0 aliphatic rings. The number of aromatic carboxylic acids is 1. The molecule has 5 nitrogen and oxygen atoms in total. The number of carboxylic acids is 1. The molecule has 2 rings (SSSR count). The van der Waals surface area contributed by atoms with Crippen LogP contribution in [0.5, 0.6) is 0 Å². The molecule has 118 valence electrons. The molecule has 0 fully saturated rings. The van der Waals surface area contributed by atoms with Crippen molar-refractivity contribution >= 4 is 17.0 Å². The molecule has 1 N–H and O–H groups in total. The fraction of sp³-hybridized carbons (Fsp3) is 0.471. The smallest absolute Gasteiger partial charge is 0.360 e. The first kappa shape index (κ1) is 16.2. The number of nitrogens with zero attached hydrogens (tertiary/aromatic N) is 2. The van der Waals surface area contributed by atoms with Gasteiger partial charge in [0.25, 0.3) is 5.56 Å². The second kappa shape index (κ2) is 6.73. The van der Waals surface area contributed by atoms with Gasteiger partial charge in [-0.2, -0.15) is 0 Å². The maximum Gasteiger partial charge on any atom is 0.360 e. The number of fused-ring (bicyclic) bond motifs is 1. The Bertz CT molecular complexity index is 736. The minimum atomic E-state index is -1.28. The predicted molar refractivity (Wildman–Crippen MR) is 86.4 cm³/mol. The SMILES string of the molecule is CCC[C@@H](C)C[C@H](C)n1c(=O)c(C(=O)O)nc2ccccc21. The number of benzene rings is 1. The van der Waals surface area contributed by atoms with Gasteiger partial charge in [0.05, 0.1) is 11.0 Å². The van der Waals surface area contributed by atoms with Crippen LogP contribution in [-0.4, -0.2) is 20.6 Å². The lowest BCUT2D eigenvalue weighted by atomic mass is 9.97. The summed E-state index contributed by atoms with van der Waals surface area (Å²) < 4.78 is 1.58. The number of carboxylic acid groups (broad SMARTS) is 1. The van der Waals surface area contributed by atoms with Crippen LogP contribution >= 0.6 is 0 Å². The molecule has 0 bridgehead atoms. The summed E-state index contributed by atoms with van der Waals surface area (Å²) >= 11 is 0. The summed E-state index contributed by atoms with van der Waals surface area (Å²) in [6.45, 7) is 6.26. The average molecular weight is 302 g/mol. The van der Waals surface area contributed by atoms with Crippen molar-refractivity contribution < 1.29 is 9.90 Å². The number of rotatable bonds is 6. The van der Waals surface area contributed by atoms with E-state index in [4.69, 9.17) is 0 Å². The molecule has 0 saturated heterocycles. The molecule has 1 heterocycles. The zero-order chi connectivity index (χ0) is 16.3. The monoisotopic (exact) mass is 302 g/mol. The van der Waals surface area contributed by atoms with Crippen LogP contribution in [0, 0.1) is 5.92 Å². The molecule has 0 saturated carbocycles. The first-order valence-electron chi connectivity index (χ1n) is 7.70. The largest absolute Gasteiger partial charge is 0.476 e. The van der Waals surface area contributed by atoms with Gasteiger partial charge in [-0.15, -0.1) is 0 Å². The number of para-hydroxylation sites is 2. The Kier molecular flexibility index (Phi) is 4.96. The molecule has 0 unspecified atom stereocenters. The third-order valence-corrected chi connectivity index (χ3v) is 3.96. The summed E-state index contributed by atoms with van der Waals surface area (Å²) in [5.74, 6) is -0.801. The van der Waals surface area contributed by atoms with Crippen LogP contribution in [0.25, 0.3) is 11.0 Å². The number of hydrogen-bond donors (Lipinski definition) is 1. The van der Waals surface area contributed by atoms with Crippen molar-refractivity contribution in [3.05, 3.63) is 40.3 Å². The van der Waals surface area contributed by atoms with Gasteiger partial charge in [0.1, 0.15) is 0 Å². The summed E-state index contributed by atoms with van der Waals surface area (Å²) in [5, 5.41) is 9.22. The van der Waals surface area contributed by atoms with Crippen molar-refractivity contribution in [1.82, 2.24) is 9.55 Å². The van der Waals surface area contributed by atoms with Gasteiger partial charge in [0.15, 0.2) is 0 Å². The molecule has 0 aliphatic carbocycles. The van der Waals surface area contributed by atoms with E-state index in [0.717, 1.165) is 19.3 Å². The summed E-state index contributed by atoms with van der Waals surface area (Å²) in [6, 6.07) is 7.11. The first-order valence-corrected chi connectivity index (χ1v) is 7.70. The molecule has 0 amide bonds. The lowest BCUT2D eigenvalue weighted by Crippen LogP contribution is -2.31. The van der Waals surface area contributed by atoms with Gasteiger partial charge in [-0.25, -0.2) is 9.78 Å². The van der Waals surface area contributed by atoms with Gasteiger partial charge in [0, 0.05) is 6.04 Å². The Morgan fingerprint density at radius 1 is 1.32 bits per heavy atom. The highest BCUT2D eigenvalue weighted by Gasteiger charge is 2.20. The number of aromatic nitrogens is 2. The summed E-state index contributed by atoms with van der Waals surface area (Å²) in [6.07, 6.45) is 3.02. The van der Waals surface area contributed by atoms with E-state index in [1.165, 1.54) is 0 Å². The number of hydrogen-bond acceptors (Lipinski definition) is 3. The molecule has 0 radical (unpaired) electrons. The van der Waals surface area contributed by atoms with Crippen LogP contribution in [0.2, 0.25) is 0 Å². The van der Waals surface area contributed by atoms with Gasteiger partial charge >= 0.3 is 5.97 Å². The molecule has 2 atom stereocenters. The van der Waals surface area contributed by atoms with Crippen LogP contribution in [0.15, 0.2) is 29.1 Å². The van der Waals surface area contributed by atoms with Gasteiger partial charge in [0.2, 0.25) is 5.69 Å². The van der Waals surface area contributed by atoms with Crippen LogP contribution in [0.1, 0.15) is 56.6 Å². The van der Waals surface area contributed by atoms with Crippen LogP contribution < -0.4 is 5.56 Å². The molecular weight excluding hydrogens is 280 g/mol. The van der Waals surface area contributed by atoms with E-state index in [2.05, 4.69) is 18.8 Å². The van der Waals surface area contributed by atoms with E-state index in [1.807, 2.05) is 19.1 Å². The summed E-state index contributed by atoms with van der Waals surface area (Å²) in [5.41, 5.74) is 0.291. The van der Waals surface area contributed by atoms with Crippen molar-refractivity contribution in [2.75, 3.05) is 0 Å². The van der Waals surface area contributed by atoms with Crippen LogP contribution in [0.4, 0.5) is 0 Å². The zero-order valence-corrected chi connectivity index (χ0v) is 13.2. The molecule has 2 aromatic rings. The first-order chi connectivity index (χ1) is 10.5. The Hall–Kier alpha value is -2.17. The molecule has 5 heteroatoms. The lowest BCUT2D eigenvalue weighted by Gasteiger charge is -2.21. The highest BCUT2D eigenvalue weighted by molar-refractivity contribution is 5.88. The Balaban J connectivity index is 2.57. The second-order valence-electron chi connectivity index (χ2n) is 5.91. The van der Waals surface area contributed by atoms with E-state index < -0.39 is 17.2 Å². The minimum Gasteiger partial charge on any atom is -0.476 e. The molecule has 1 aromatic heterocycles. The number of carbonyl (C=O) groups is 1. The van der Waals surface area contributed by atoms with Gasteiger partial charge in [-0.05, 0) is 31.4 Å². The van der Waals surface area contributed by atoms with E-state index >= 15 is 0 Å². The zero-order valence-electron chi connectivity index (χ0n) is 13.2. The van der Waals surface area contributed by atoms with Crippen molar-refractivity contribution in [3.8, 4) is 0 Å². The molecule has 0 spiro atoms. The van der Waals surface area contributed by atoms with E-state index in [-0.39, 0.29) is 6.04 Å². The topological polar surface area (TPSA) is 72.2 Å². The maximum absolute atomic E-state index is 12.5. The maximum atomic E-state index is 12.5. The van der Waals surface area contributed by atoms with E-state index in [0.29, 0.717) is 17.0 Å². The van der Waals surface area contributed by atoms with Crippen molar-refractivity contribution in [3.63, 3.8) is 0 Å². The highest BCUT2D eigenvalue weighted by atomic mass is 16.4. The molecule has 1 aromatic carbocycles. The van der Waals surface area contributed by atoms with Crippen LogP contribution in [0.3, 0.4) is 0 Å². The molecule has 0 aliphatic heterocycles. The molecule has 22 heavy (non-hydrogen) atoms. The van der Waals surface area contributed by atoms with Crippen molar-refractivity contribution in [1.29, 1.82) is 0 Å². The third-order valence-electron chi connectivity index (χ3n) is 3.96. The van der Waals surface area contributed by atoms with Gasteiger partial charge < -0.3 is 9.67 Å². The van der Waals surface area contributed by atoms with Crippen molar-refractivity contribution in [2.24, 2.45) is 5.92 Å². The van der Waals surface area contributed by atoms with Gasteiger partial charge in [-0.1, -0.05) is 38.8 Å². The van der Waals surface area contributed by atoms with E-state index in [1.54, 1.807) is 16.7 Å². The van der Waals surface area contributed by atoms with Gasteiger partial charge in [-0.3, -0.25) is 4.79 Å². The fourth-order valence-corrected chi connectivity index (χ4v) is 3.03. The Labute approximate surface area is 129 Å². The third kappa shape index (κ3) is 3.18. The lowest BCUT2D eigenvalue weighted by molar-refractivity contribution is 0.0688. The fourth-order valence-electron chi connectivity index (χ4n) is 3.03. The van der Waals surface area contributed by atoms with Crippen LogP contribution in [-0.2, 0) is 0 Å². The quantitative estimate of drug-likeness (QED) is 0.886. The average Bonchev–Trinajstić information content (AvgIpc) is 2.46. The normalized spacial score (nSPS) is 14.0.